The fourth-order valence-electron chi connectivity index (χ4n) is 4.57. The van der Waals surface area contributed by atoms with Crippen LogP contribution in [0.4, 0.5) is 11.8 Å². The molecule has 0 aliphatic carbocycles. The van der Waals surface area contributed by atoms with Crippen LogP contribution in [0.3, 0.4) is 0 Å². The van der Waals surface area contributed by atoms with Gasteiger partial charge in [0, 0.05) is 31.4 Å². The second kappa shape index (κ2) is 10.7. The van der Waals surface area contributed by atoms with E-state index < -0.39 is 6.04 Å². The van der Waals surface area contributed by atoms with Crippen molar-refractivity contribution in [1.82, 2.24) is 19.8 Å². The highest BCUT2D eigenvalue weighted by molar-refractivity contribution is 5.74. The van der Waals surface area contributed by atoms with E-state index in [1.165, 1.54) is 18.4 Å². The van der Waals surface area contributed by atoms with Crippen molar-refractivity contribution in [2.45, 2.75) is 51.7 Å². The molecule has 8 nitrogen and oxygen atoms in total. The summed E-state index contributed by atoms with van der Waals surface area (Å²) >= 11 is 0. The molecule has 0 amide bonds. The first-order valence-corrected chi connectivity index (χ1v) is 11.8. The highest BCUT2D eigenvalue weighted by Crippen LogP contribution is 2.35. The predicted molar refractivity (Wildman–Crippen MR) is 131 cm³/mol. The van der Waals surface area contributed by atoms with Crippen LogP contribution in [0.5, 0.6) is 5.75 Å². The van der Waals surface area contributed by atoms with E-state index in [1.54, 1.807) is 7.11 Å². The highest BCUT2D eigenvalue weighted by Gasteiger charge is 2.29. The molecular weight excluding hydrogens is 416 g/mol. The largest absolute Gasteiger partial charge is 0.496 e. The molecule has 0 saturated carbocycles. The third-order valence-electron chi connectivity index (χ3n) is 6.33. The molecular formula is C25H34N6O2. The number of likely N-dealkylation sites (tertiary alicyclic amines) is 1. The summed E-state index contributed by atoms with van der Waals surface area (Å²) in [5.74, 6) is 1.73. The maximum absolute atomic E-state index is 12.2. The van der Waals surface area contributed by atoms with Crippen LogP contribution in [-0.2, 0) is 17.9 Å². The van der Waals surface area contributed by atoms with E-state index in [1.807, 2.05) is 17.2 Å². The van der Waals surface area contributed by atoms with Crippen LogP contribution >= 0.6 is 0 Å². The molecule has 176 valence electrons. The number of aromatic nitrogens is 2. The number of rotatable bonds is 10. The van der Waals surface area contributed by atoms with Gasteiger partial charge in [-0.15, -0.1) is 0 Å². The summed E-state index contributed by atoms with van der Waals surface area (Å²) in [7, 11) is 1.72. The number of benzene rings is 1. The number of carbonyl (C=O) groups excluding carboxylic acids is 1. The van der Waals surface area contributed by atoms with Crippen LogP contribution in [0.25, 0.3) is 6.08 Å². The molecule has 2 aromatic rings. The average molecular weight is 451 g/mol. The Morgan fingerprint density at radius 3 is 2.79 bits per heavy atom. The molecule has 8 heteroatoms. The number of hydrogen-bond donors (Lipinski definition) is 2. The van der Waals surface area contributed by atoms with Crippen LogP contribution in [0.15, 0.2) is 24.4 Å². The number of nitrogens with two attached hydrogens (primary N) is 1. The Morgan fingerprint density at radius 1 is 1.24 bits per heavy atom. The van der Waals surface area contributed by atoms with Crippen molar-refractivity contribution in [1.29, 1.82) is 0 Å². The lowest BCUT2D eigenvalue weighted by molar-refractivity contribution is -0.112. The van der Waals surface area contributed by atoms with E-state index in [4.69, 9.17) is 10.5 Å². The van der Waals surface area contributed by atoms with E-state index >= 15 is 0 Å². The lowest BCUT2D eigenvalue weighted by atomic mass is 10.00. The van der Waals surface area contributed by atoms with Crippen molar-refractivity contribution in [2.75, 3.05) is 37.8 Å². The summed E-state index contributed by atoms with van der Waals surface area (Å²) in [6.07, 6.45) is 9.36. The van der Waals surface area contributed by atoms with Crippen LogP contribution < -0.4 is 15.8 Å². The Morgan fingerprint density at radius 2 is 2.06 bits per heavy atom. The number of nitrogens with zero attached hydrogens (tertiary/aromatic N) is 4. The zero-order valence-electron chi connectivity index (χ0n) is 19.6. The van der Waals surface area contributed by atoms with Crippen molar-refractivity contribution >= 4 is 24.1 Å². The van der Waals surface area contributed by atoms with Gasteiger partial charge < -0.3 is 25.5 Å². The van der Waals surface area contributed by atoms with Crippen LogP contribution in [-0.4, -0.2) is 52.8 Å². The Hall–Kier alpha value is -3.13. The number of fused-ring (bicyclic) bond motifs is 1. The Kier molecular flexibility index (Phi) is 7.44. The summed E-state index contributed by atoms with van der Waals surface area (Å²) in [4.78, 5) is 25.5. The second-order valence-corrected chi connectivity index (χ2v) is 8.71. The molecule has 1 saturated heterocycles. The molecule has 2 aliphatic rings. The molecule has 1 unspecified atom stereocenters. The predicted octanol–water partition coefficient (Wildman–Crippen LogP) is 3.60. The van der Waals surface area contributed by atoms with Crippen molar-refractivity contribution in [3.63, 3.8) is 0 Å². The van der Waals surface area contributed by atoms with E-state index in [0.717, 1.165) is 62.2 Å². The molecule has 1 fully saturated rings. The summed E-state index contributed by atoms with van der Waals surface area (Å²) < 4.78 is 5.71. The first-order valence-electron chi connectivity index (χ1n) is 11.8. The van der Waals surface area contributed by atoms with Gasteiger partial charge >= 0.3 is 0 Å². The summed E-state index contributed by atoms with van der Waals surface area (Å²) in [6, 6.07) is 5.85. The van der Waals surface area contributed by atoms with Crippen molar-refractivity contribution in [2.24, 2.45) is 0 Å². The van der Waals surface area contributed by atoms with E-state index in [0.29, 0.717) is 18.1 Å². The molecule has 33 heavy (non-hydrogen) atoms. The van der Waals surface area contributed by atoms with Gasteiger partial charge in [0.1, 0.15) is 23.9 Å². The lowest BCUT2D eigenvalue weighted by Gasteiger charge is -2.32. The maximum atomic E-state index is 12.2. The lowest BCUT2D eigenvalue weighted by Crippen LogP contribution is -2.29. The fourth-order valence-corrected chi connectivity index (χ4v) is 4.57. The average Bonchev–Trinajstić information content (AvgIpc) is 3.33. The monoisotopic (exact) mass is 450 g/mol. The van der Waals surface area contributed by atoms with E-state index in [9.17, 15) is 4.79 Å². The smallest absolute Gasteiger partial charge is 0.222 e. The normalized spacial score (nSPS) is 17.8. The molecule has 4 rings (SSSR count). The molecule has 0 radical (unpaired) electrons. The number of aldehydes is 1. The number of hydrogen-bond acceptors (Lipinski definition) is 8. The number of carbonyl (C=O) groups is 1. The third-order valence-corrected chi connectivity index (χ3v) is 6.33. The quantitative estimate of drug-likeness (QED) is 0.419. The zero-order chi connectivity index (χ0) is 23.2. The number of nitrogens with one attached hydrogen (secondary N) is 1. The number of ether oxygens (including phenoxy) is 1. The van der Waals surface area contributed by atoms with Gasteiger partial charge in [0.25, 0.3) is 0 Å². The summed E-state index contributed by atoms with van der Waals surface area (Å²) in [5.41, 5.74) is 9.66. The molecule has 0 bridgehead atoms. The maximum Gasteiger partial charge on any atom is 0.222 e. The topological polar surface area (TPSA) is 96.6 Å². The Bertz CT molecular complexity index is 1000. The summed E-state index contributed by atoms with van der Waals surface area (Å²) in [6.45, 7) is 6.66. The van der Waals surface area contributed by atoms with Gasteiger partial charge in [-0.3, -0.25) is 4.90 Å². The van der Waals surface area contributed by atoms with Gasteiger partial charge in [-0.2, -0.15) is 4.98 Å². The van der Waals surface area contributed by atoms with Crippen molar-refractivity contribution < 1.29 is 9.53 Å². The molecule has 1 atom stereocenters. The van der Waals surface area contributed by atoms with Crippen LogP contribution in [0.1, 0.15) is 61.0 Å². The number of unbranched alkanes of at least 4 members (excludes halogenated alkanes) is 1. The van der Waals surface area contributed by atoms with Crippen LogP contribution in [0, 0.1) is 0 Å². The van der Waals surface area contributed by atoms with Crippen molar-refractivity contribution in [3.8, 4) is 5.75 Å². The van der Waals surface area contributed by atoms with Crippen LogP contribution in [0.2, 0.25) is 0 Å². The number of nitrogen functional groups attached to an aromatic ring is 1. The molecule has 2 aliphatic heterocycles. The van der Waals surface area contributed by atoms with Gasteiger partial charge in [-0.05, 0) is 50.1 Å². The van der Waals surface area contributed by atoms with Gasteiger partial charge in [0.2, 0.25) is 5.95 Å². The van der Waals surface area contributed by atoms with Gasteiger partial charge in [-0.25, -0.2) is 4.98 Å². The second-order valence-electron chi connectivity index (χ2n) is 8.71. The van der Waals surface area contributed by atoms with E-state index in [2.05, 4.69) is 45.3 Å². The molecule has 3 N–H and O–H groups in total. The first-order chi connectivity index (χ1) is 16.1. The number of methoxy groups -OCH3 is 1. The highest BCUT2D eigenvalue weighted by atomic mass is 16.5. The standard InChI is InChI=1S/C25H34N6O2/c1-3-4-10-27-24-23-20(28-25(26)29-24)9-13-31(21(23)17-32)15-18-7-8-19(22(14-18)33-2)16-30-11-5-6-12-30/h7-9,13-14,17,21H,3-6,10-12,15-16H2,1-2H3,(H3,26,27,28,29). The molecule has 1 aromatic carbocycles. The van der Waals surface area contributed by atoms with Gasteiger partial charge in [0.15, 0.2) is 0 Å². The third kappa shape index (κ3) is 5.27. The van der Waals surface area contributed by atoms with Gasteiger partial charge in [0.05, 0.1) is 18.4 Å². The molecule has 1 aromatic heterocycles. The molecule has 0 spiro atoms. The summed E-state index contributed by atoms with van der Waals surface area (Å²) in [5, 5.41) is 3.35. The Balaban J connectivity index is 1.55. The number of anilines is 2. The Labute approximate surface area is 195 Å². The van der Waals surface area contributed by atoms with Gasteiger partial charge in [-0.1, -0.05) is 25.5 Å². The van der Waals surface area contributed by atoms with Crippen molar-refractivity contribution in [3.05, 3.63) is 46.8 Å². The minimum atomic E-state index is -0.495. The fraction of sp³-hybridized carbons (Fsp3) is 0.480. The zero-order valence-corrected chi connectivity index (χ0v) is 19.6. The first kappa shape index (κ1) is 23.0. The minimum Gasteiger partial charge on any atom is -0.496 e. The molecule has 3 heterocycles. The van der Waals surface area contributed by atoms with E-state index in [-0.39, 0.29) is 5.95 Å². The SMILES string of the molecule is CCCCNc1nc(N)nc2c1C(C=O)N(Cc1ccc(CN3CCCC3)c(OC)c1)C=C2. The minimum absolute atomic E-state index is 0.203.